The number of nitrogens with zero attached hydrogens (tertiary/aromatic N) is 2. The molecule has 0 bridgehead atoms. The van der Waals surface area contributed by atoms with Crippen molar-refractivity contribution in [2.45, 2.75) is 52.4 Å². The Kier molecular flexibility index (Phi) is 9.03. The average Bonchev–Trinajstić information content (AvgIpc) is 3.15. The summed E-state index contributed by atoms with van der Waals surface area (Å²) in [4.78, 5) is 7.47. The van der Waals surface area contributed by atoms with Gasteiger partial charge in [0.15, 0.2) is 0 Å². The second-order valence-corrected chi connectivity index (χ2v) is 9.01. The maximum atomic E-state index is 6.40. The van der Waals surface area contributed by atoms with Gasteiger partial charge in [-0.3, -0.25) is 4.90 Å². The lowest BCUT2D eigenvalue weighted by molar-refractivity contribution is 0.215. The molecule has 1 aromatic heterocycles. The number of likely N-dealkylation sites (tertiary alicyclic amines) is 1. The van der Waals surface area contributed by atoms with Gasteiger partial charge in [-0.1, -0.05) is 26.7 Å². The molecule has 1 aliphatic rings. The van der Waals surface area contributed by atoms with E-state index in [-0.39, 0.29) is 0 Å². The second-order valence-electron chi connectivity index (χ2n) is 9.01. The van der Waals surface area contributed by atoms with Crippen molar-refractivity contribution >= 4 is 10.9 Å². The lowest BCUT2D eigenvalue weighted by atomic mass is 10.1. The Morgan fingerprint density at radius 2 is 1.41 bits per heavy atom. The normalized spacial score (nSPS) is 14.6. The molecule has 0 N–H and O–H groups in total. The molecule has 182 valence electrons. The smallest absolute Gasteiger partial charge is 0.131 e. The Hall–Kier alpha value is -2.79. The zero-order valence-corrected chi connectivity index (χ0v) is 20.7. The topological polar surface area (TPSA) is 43.8 Å². The predicted molar refractivity (Wildman–Crippen MR) is 139 cm³/mol. The summed E-state index contributed by atoms with van der Waals surface area (Å²) >= 11 is 0. The molecule has 0 saturated carbocycles. The molecule has 0 unspecified atom stereocenters. The first-order valence-electron chi connectivity index (χ1n) is 12.9. The molecule has 0 amide bonds. The van der Waals surface area contributed by atoms with Gasteiger partial charge in [0, 0.05) is 23.6 Å². The molecule has 0 radical (unpaired) electrons. The van der Waals surface area contributed by atoms with Crippen LogP contribution in [0.25, 0.3) is 22.2 Å². The SMILES string of the molecule is CCCOc1ccc(-c2cc(OCCN3CCCCCC3)c3cc(OCCC)ccc3n2)cc1. The fourth-order valence-corrected chi connectivity index (χ4v) is 4.34. The molecule has 3 aromatic rings. The van der Waals surface area contributed by atoms with E-state index in [0.29, 0.717) is 13.2 Å². The molecule has 1 fully saturated rings. The first-order valence-corrected chi connectivity index (χ1v) is 12.9. The van der Waals surface area contributed by atoms with Crippen LogP contribution in [0.5, 0.6) is 17.2 Å². The van der Waals surface area contributed by atoms with E-state index in [4.69, 9.17) is 19.2 Å². The summed E-state index contributed by atoms with van der Waals surface area (Å²) in [5, 5.41) is 0.996. The minimum absolute atomic E-state index is 0.669. The third-order valence-electron chi connectivity index (χ3n) is 6.20. The van der Waals surface area contributed by atoms with E-state index >= 15 is 0 Å². The summed E-state index contributed by atoms with van der Waals surface area (Å²) in [6.07, 6.45) is 7.25. The largest absolute Gasteiger partial charge is 0.494 e. The highest BCUT2D eigenvalue weighted by Crippen LogP contribution is 2.33. The molecule has 2 heterocycles. The number of fused-ring (bicyclic) bond motifs is 1. The third-order valence-corrected chi connectivity index (χ3v) is 6.20. The molecule has 34 heavy (non-hydrogen) atoms. The standard InChI is InChI=1S/C29H38N2O3/c1-3-18-32-24-11-9-23(10-12-24)28-22-29(34-20-17-31-15-7-5-6-8-16-31)26-21-25(33-19-4-2)13-14-27(26)30-28/h9-14,21-22H,3-8,15-20H2,1-2H3. The highest BCUT2D eigenvalue weighted by molar-refractivity contribution is 5.89. The van der Waals surface area contributed by atoms with Crippen LogP contribution in [0.15, 0.2) is 48.5 Å². The van der Waals surface area contributed by atoms with Gasteiger partial charge in [0.05, 0.1) is 24.4 Å². The number of hydrogen-bond acceptors (Lipinski definition) is 5. The molecule has 0 aliphatic carbocycles. The van der Waals surface area contributed by atoms with E-state index in [1.54, 1.807) is 0 Å². The molecule has 0 atom stereocenters. The Morgan fingerprint density at radius 3 is 2.12 bits per heavy atom. The van der Waals surface area contributed by atoms with Crippen molar-refractivity contribution in [3.05, 3.63) is 48.5 Å². The molecule has 1 saturated heterocycles. The van der Waals surface area contributed by atoms with Crippen LogP contribution in [0.3, 0.4) is 0 Å². The fraction of sp³-hybridized carbons (Fsp3) is 0.483. The average molecular weight is 463 g/mol. The van der Waals surface area contributed by atoms with Crippen molar-refractivity contribution in [2.75, 3.05) is 39.5 Å². The van der Waals surface area contributed by atoms with Gasteiger partial charge in [-0.25, -0.2) is 4.98 Å². The quantitative estimate of drug-likeness (QED) is 0.316. The monoisotopic (exact) mass is 462 g/mol. The zero-order chi connectivity index (χ0) is 23.6. The van der Waals surface area contributed by atoms with Crippen molar-refractivity contribution in [1.82, 2.24) is 9.88 Å². The van der Waals surface area contributed by atoms with Crippen molar-refractivity contribution in [3.63, 3.8) is 0 Å². The van der Waals surface area contributed by atoms with E-state index in [0.717, 1.165) is 65.4 Å². The lowest BCUT2D eigenvalue weighted by Crippen LogP contribution is -2.29. The summed E-state index contributed by atoms with van der Waals surface area (Å²) in [5.41, 5.74) is 2.87. The minimum Gasteiger partial charge on any atom is -0.494 e. The van der Waals surface area contributed by atoms with Crippen LogP contribution in [0, 0.1) is 0 Å². The van der Waals surface area contributed by atoms with Gasteiger partial charge in [-0.2, -0.15) is 0 Å². The number of hydrogen-bond donors (Lipinski definition) is 0. The van der Waals surface area contributed by atoms with Gasteiger partial charge in [0.25, 0.3) is 0 Å². The second kappa shape index (κ2) is 12.6. The number of pyridine rings is 1. The van der Waals surface area contributed by atoms with Crippen LogP contribution in [0.2, 0.25) is 0 Å². The van der Waals surface area contributed by atoms with E-state index in [2.05, 4.69) is 43.0 Å². The molecule has 2 aromatic carbocycles. The number of rotatable bonds is 11. The summed E-state index contributed by atoms with van der Waals surface area (Å²) in [6, 6.07) is 16.3. The molecule has 5 nitrogen and oxygen atoms in total. The van der Waals surface area contributed by atoms with Crippen molar-refractivity contribution in [3.8, 4) is 28.5 Å². The van der Waals surface area contributed by atoms with Crippen molar-refractivity contribution in [2.24, 2.45) is 0 Å². The first-order chi connectivity index (χ1) is 16.8. The Balaban J connectivity index is 1.58. The van der Waals surface area contributed by atoms with E-state index < -0.39 is 0 Å². The van der Waals surface area contributed by atoms with Gasteiger partial charge in [0.2, 0.25) is 0 Å². The van der Waals surface area contributed by atoms with Crippen LogP contribution in [-0.4, -0.2) is 49.3 Å². The minimum atomic E-state index is 0.669. The number of ether oxygens (including phenoxy) is 3. The summed E-state index contributed by atoms with van der Waals surface area (Å²) in [6.45, 7) is 9.63. The van der Waals surface area contributed by atoms with Crippen LogP contribution < -0.4 is 14.2 Å². The van der Waals surface area contributed by atoms with E-state index in [1.165, 1.54) is 38.8 Å². The number of benzene rings is 2. The summed E-state index contributed by atoms with van der Waals surface area (Å²) in [5.74, 6) is 2.61. The number of aromatic nitrogens is 1. The Labute approximate surface area is 204 Å². The lowest BCUT2D eigenvalue weighted by Gasteiger charge is -2.20. The zero-order valence-electron chi connectivity index (χ0n) is 20.7. The molecule has 5 heteroatoms. The molecular formula is C29H38N2O3. The maximum absolute atomic E-state index is 6.40. The Bertz CT molecular complexity index is 1030. The fourth-order valence-electron chi connectivity index (χ4n) is 4.34. The molecule has 4 rings (SSSR count). The molecule has 1 aliphatic heterocycles. The summed E-state index contributed by atoms with van der Waals surface area (Å²) < 4.78 is 18.0. The molecule has 0 spiro atoms. The highest BCUT2D eigenvalue weighted by Gasteiger charge is 2.13. The predicted octanol–water partition coefficient (Wildman–Crippen LogP) is 6.73. The first kappa shape index (κ1) is 24.3. The van der Waals surface area contributed by atoms with Crippen LogP contribution in [0.1, 0.15) is 52.4 Å². The van der Waals surface area contributed by atoms with Crippen LogP contribution in [0.4, 0.5) is 0 Å². The van der Waals surface area contributed by atoms with Gasteiger partial charge in [-0.05, 0) is 81.2 Å². The van der Waals surface area contributed by atoms with Crippen molar-refractivity contribution < 1.29 is 14.2 Å². The van der Waals surface area contributed by atoms with Gasteiger partial charge < -0.3 is 14.2 Å². The van der Waals surface area contributed by atoms with Crippen molar-refractivity contribution in [1.29, 1.82) is 0 Å². The van der Waals surface area contributed by atoms with Gasteiger partial charge in [-0.15, -0.1) is 0 Å². The Morgan fingerprint density at radius 1 is 0.735 bits per heavy atom. The maximum Gasteiger partial charge on any atom is 0.131 e. The third kappa shape index (κ3) is 6.63. The van der Waals surface area contributed by atoms with Gasteiger partial charge in [0.1, 0.15) is 23.9 Å². The molecular weight excluding hydrogens is 424 g/mol. The van der Waals surface area contributed by atoms with Gasteiger partial charge >= 0.3 is 0 Å². The van der Waals surface area contributed by atoms with E-state index in [9.17, 15) is 0 Å². The van der Waals surface area contributed by atoms with Crippen LogP contribution in [-0.2, 0) is 0 Å². The van der Waals surface area contributed by atoms with E-state index in [1.807, 2.05) is 24.3 Å². The highest BCUT2D eigenvalue weighted by atomic mass is 16.5. The van der Waals surface area contributed by atoms with Crippen LogP contribution >= 0.6 is 0 Å². The summed E-state index contributed by atoms with van der Waals surface area (Å²) in [7, 11) is 0.